The summed E-state index contributed by atoms with van der Waals surface area (Å²) in [6, 6.07) is 2.91. The van der Waals surface area contributed by atoms with Crippen molar-refractivity contribution < 1.29 is 27.5 Å². The van der Waals surface area contributed by atoms with E-state index < -0.39 is 28.6 Å². The van der Waals surface area contributed by atoms with E-state index in [1.165, 1.54) is 10.4 Å². The van der Waals surface area contributed by atoms with E-state index in [1.807, 2.05) is 0 Å². The van der Waals surface area contributed by atoms with E-state index in [4.69, 9.17) is 9.47 Å². The number of sulfonamides is 1. The number of hydrogen-bond acceptors (Lipinski definition) is 6. The maximum Gasteiger partial charge on any atom is 0.344 e. The molecule has 0 aliphatic carbocycles. The lowest BCUT2D eigenvalue weighted by Gasteiger charge is -2.30. The quantitative estimate of drug-likeness (QED) is 0.669. The topological polar surface area (TPSA) is 90.0 Å². The average Bonchev–Trinajstić information content (AvgIpc) is 2.61. The summed E-state index contributed by atoms with van der Waals surface area (Å²) in [5, 5.41) is 0. The first-order valence-electron chi connectivity index (χ1n) is 9.50. The van der Waals surface area contributed by atoms with Crippen LogP contribution in [0.3, 0.4) is 0 Å². The fraction of sp³-hybridized carbons (Fsp3) is 0.600. The predicted octanol–water partition coefficient (Wildman–Crippen LogP) is 2.83. The van der Waals surface area contributed by atoms with E-state index in [-0.39, 0.29) is 16.6 Å². The van der Waals surface area contributed by atoms with Crippen LogP contribution in [0.5, 0.6) is 0 Å². The number of rotatable bonds is 6. The Labute approximate surface area is 167 Å². The Kier molecular flexibility index (Phi) is 7.22. The van der Waals surface area contributed by atoms with E-state index in [0.29, 0.717) is 30.1 Å². The third kappa shape index (κ3) is 5.32. The van der Waals surface area contributed by atoms with Gasteiger partial charge in [0.15, 0.2) is 6.61 Å². The molecule has 0 bridgehead atoms. The van der Waals surface area contributed by atoms with E-state index in [1.54, 1.807) is 33.8 Å². The number of carbonyl (C=O) groups excluding carboxylic acids is 2. The summed E-state index contributed by atoms with van der Waals surface area (Å²) in [4.78, 5) is 24.0. The molecule has 1 saturated heterocycles. The van der Waals surface area contributed by atoms with Gasteiger partial charge in [-0.2, -0.15) is 4.31 Å². The summed E-state index contributed by atoms with van der Waals surface area (Å²) in [6.45, 7) is 9.40. The molecule has 0 spiro atoms. The van der Waals surface area contributed by atoms with Gasteiger partial charge in [-0.05, 0) is 69.7 Å². The first-order chi connectivity index (χ1) is 13.0. The molecule has 2 rings (SSSR count). The maximum atomic E-state index is 13.1. The van der Waals surface area contributed by atoms with Crippen molar-refractivity contribution in [2.24, 2.45) is 5.92 Å². The zero-order valence-electron chi connectivity index (χ0n) is 17.1. The van der Waals surface area contributed by atoms with Gasteiger partial charge in [-0.1, -0.05) is 6.92 Å². The van der Waals surface area contributed by atoms with Crippen molar-refractivity contribution in [2.75, 3.05) is 19.7 Å². The molecule has 0 amide bonds. The SMILES string of the molecule is Cc1cc(C(=O)OCC(=O)OC(C)C)cc(S(=O)(=O)N2CCC(C)CC2)c1C. The molecule has 0 unspecified atom stereocenters. The Morgan fingerprint density at radius 2 is 1.79 bits per heavy atom. The smallest absolute Gasteiger partial charge is 0.344 e. The van der Waals surface area contributed by atoms with E-state index >= 15 is 0 Å². The maximum absolute atomic E-state index is 13.1. The number of carbonyl (C=O) groups is 2. The second kappa shape index (κ2) is 9.05. The molecule has 1 aromatic carbocycles. The van der Waals surface area contributed by atoms with Crippen LogP contribution in [0.4, 0.5) is 0 Å². The number of aryl methyl sites for hydroxylation is 1. The van der Waals surface area contributed by atoms with Gasteiger partial charge < -0.3 is 9.47 Å². The molecule has 1 aliphatic rings. The van der Waals surface area contributed by atoms with Crippen LogP contribution in [-0.4, -0.2) is 50.5 Å². The van der Waals surface area contributed by atoms with Gasteiger partial charge in [0.25, 0.3) is 0 Å². The van der Waals surface area contributed by atoms with Crippen LogP contribution in [0.1, 0.15) is 55.1 Å². The van der Waals surface area contributed by atoms with Gasteiger partial charge in [-0.15, -0.1) is 0 Å². The fourth-order valence-electron chi connectivity index (χ4n) is 3.08. The van der Waals surface area contributed by atoms with Crippen molar-refractivity contribution in [1.82, 2.24) is 4.31 Å². The first kappa shape index (κ1) is 22.4. The highest BCUT2D eigenvalue weighted by Crippen LogP contribution is 2.28. The van der Waals surface area contributed by atoms with Crippen molar-refractivity contribution in [1.29, 1.82) is 0 Å². The van der Waals surface area contributed by atoms with Gasteiger partial charge in [-0.3, -0.25) is 0 Å². The molecule has 1 aliphatic heterocycles. The molecular formula is C20H29NO6S. The van der Waals surface area contributed by atoms with Crippen molar-refractivity contribution in [3.63, 3.8) is 0 Å². The molecule has 0 radical (unpaired) electrons. The van der Waals surface area contributed by atoms with E-state index in [2.05, 4.69) is 6.92 Å². The Morgan fingerprint density at radius 1 is 1.18 bits per heavy atom. The number of hydrogen-bond donors (Lipinski definition) is 0. The number of piperidine rings is 1. The Morgan fingerprint density at radius 3 is 2.36 bits per heavy atom. The second-order valence-corrected chi connectivity index (χ2v) is 9.52. The predicted molar refractivity (Wildman–Crippen MR) is 105 cm³/mol. The van der Waals surface area contributed by atoms with Crippen LogP contribution < -0.4 is 0 Å². The Bertz CT molecular complexity index is 838. The summed E-state index contributed by atoms with van der Waals surface area (Å²) >= 11 is 0. The highest BCUT2D eigenvalue weighted by atomic mass is 32.2. The van der Waals surface area contributed by atoms with Crippen molar-refractivity contribution in [3.8, 4) is 0 Å². The molecule has 1 heterocycles. The van der Waals surface area contributed by atoms with Gasteiger partial charge in [0, 0.05) is 13.1 Å². The number of benzene rings is 1. The van der Waals surface area contributed by atoms with Crippen LogP contribution in [0.15, 0.2) is 17.0 Å². The molecular weight excluding hydrogens is 382 g/mol. The third-order valence-corrected chi connectivity index (χ3v) is 6.93. The van der Waals surface area contributed by atoms with Gasteiger partial charge in [0.2, 0.25) is 10.0 Å². The Balaban J connectivity index is 2.24. The highest BCUT2D eigenvalue weighted by Gasteiger charge is 2.30. The van der Waals surface area contributed by atoms with Crippen molar-refractivity contribution in [3.05, 3.63) is 28.8 Å². The summed E-state index contributed by atoms with van der Waals surface area (Å²) in [7, 11) is -3.71. The van der Waals surface area contributed by atoms with E-state index in [9.17, 15) is 18.0 Å². The number of nitrogens with zero attached hydrogens (tertiary/aromatic N) is 1. The zero-order chi connectivity index (χ0) is 21.1. The monoisotopic (exact) mass is 411 g/mol. The minimum absolute atomic E-state index is 0.101. The van der Waals surface area contributed by atoms with Crippen LogP contribution in [0, 0.1) is 19.8 Å². The molecule has 7 nitrogen and oxygen atoms in total. The van der Waals surface area contributed by atoms with E-state index in [0.717, 1.165) is 12.8 Å². The molecule has 1 fully saturated rings. The van der Waals surface area contributed by atoms with Crippen LogP contribution in [0.25, 0.3) is 0 Å². The van der Waals surface area contributed by atoms with Crippen LogP contribution in [0.2, 0.25) is 0 Å². The van der Waals surface area contributed by atoms with Gasteiger partial charge in [0.1, 0.15) is 0 Å². The zero-order valence-corrected chi connectivity index (χ0v) is 18.0. The lowest BCUT2D eigenvalue weighted by molar-refractivity contribution is -0.150. The molecule has 0 saturated carbocycles. The lowest BCUT2D eigenvalue weighted by Crippen LogP contribution is -2.38. The lowest BCUT2D eigenvalue weighted by atomic mass is 10.0. The second-order valence-electron chi connectivity index (χ2n) is 7.62. The molecule has 28 heavy (non-hydrogen) atoms. The highest BCUT2D eigenvalue weighted by molar-refractivity contribution is 7.89. The number of esters is 2. The summed E-state index contributed by atoms with van der Waals surface area (Å²) < 4.78 is 37.7. The van der Waals surface area contributed by atoms with Crippen molar-refractivity contribution in [2.45, 2.75) is 58.5 Å². The molecule has 1 aromatic rings. The fourth-order valence-corrected chi connectivity index (χ4v) is 4.88. The standard InChI is InChI=1S/C20H29NO6S/c1-13(2)27-19(22)12-26-20(23)17-10-15(4)16(5)18(11-17)28(24,25)21-8-6-14(3)7-9-21/h10-11,13-14H,6-9,12H2,1-5H3. The first-order valence-corrected chi connectivity index (χ1v) is 10.9. The third-order valence-electron chi connectivity index (χ3n) is 4.90. The molecule has 0 N–H and O–H groups in total. The van der Waals surface area contributed by atoms with Crippen LogP contribution in [-0.2, 0) is 24.3 Å². The largest absolute Gasteiger partial charge is 0.460 e. The molecule has 0 aromatic heterocycles. The van der Waals surface area contributed by atoms with Gasteiger partial charge in [0.05, 0.1) is 16.6 Å². The summed E-state index contributed by atoms with van der Waals surface area (Å²) in [5.41, 5.74) is 1.38. The minimum Gasteiger partial charge on any atom is -0.460 e. The molecule has 8 heteroatoms. The van der Waals surface area contributed by atoms with Gasteiger partial charge in [-0.25, -0.2) is 18.0 Å². The number of ether oxygens (including phenoxy) is 2. The summed E-state index contributed by atoms with van der Waals surface area (Å²) in [5.74, 6) is -0.906. The average molecular weight is 412 g/mol. The van der Waals surface area contributed by atoms with Crippen molar-refractivity contribution >= 4 is 22.0 Å². The van der Waals surface area contributed by atoms with Gasteiger partial charge >= 0.3 is 11.9 Å². The molecule has 0 atom stereocenters. The normalized spacial score (nSPS) is 16.2. The van der Waals surface area contributed by atoms with Crippen LogP contribution >= 0.6 is 0 Å². The summed E-state index contributed by atoms with van der Waals surface area (Å²) in [6.07, 6.45) is 1.32. The molecule has 156 valence electrons. The Hall–Kier alpha value is -1.93. The minimum atomic E-state index is -3.71.